The maximum atomic E-state index is 10.9. The second kappa shape index (κ2) is 4.44. The first-order valence-corrected chi connectivity index (χ1v) is 6.11. The van der Waals surface area contributed by atoms with Crippen LogP contribution in [0.2, 0.25) is 0 Å². The molecule has 2 aromatic rings. The van der Waals surface area contributed by atoms with Crippen molar-refractivity contribution in [3.05, 3.63) is 30.1 Å². The van der Waals surface area contributed by atoms with Gasteiger partial charge in [0.15, 0.2) is 0 Å². The van der Waals surface area contributed by atoms with Gasteiger partial charge >= 0.3 is 5.97 Å². The van der Waals surface area contributed by atoms with Gasteiger partial charge in [-0.15, -0.1) is 0 Å². The quantitative estimate of drug-likeness (QED) is 0.902. The Hall–Kier alpha value is -1.84. The number of hydrogen-bond acceptors (Lipinski definition) is 2. The highest BCUT2D eigenvalue weighted by Gasteiger charge is 2.24. The van der Waals surface area contributed by atoms with Crippen molar-refractivity contribution in [2.24, 2.45) is 0 Å². The summed E-state index contributed by atoms with van der Waals surface area (Å²) in [5, 5.41) is 8.95. The summed E-state index contributed by atoms with van der Waals surface area (Å²) in [6.07, 6.45) is 1.94. The van der Waals surface area contributed by atoms with Crippen LogP contribution in [0.5, 0.6) is 0 Å². The van der Waals surface area contributed by atoms with Gasteiger partial charge in [-0.2, -0.15) is 0 Å². The minimum Gasteiger partial charge on any atom is -0.481 e. The van der Waals surface area contributed by atoms with E-state index in [1.165, 1.54) is 0 Å². The number of imidazole rings is 1. The summed E-state index contributed by atoms with van der Waals surface area (Å²) in [6, 6.07) is 6.01. The topological polar surface area (TPSA) is 55.1 Å². The van der Waals surface area contributed by atoms with Crippen molar-refractivity contribution >= 4 is 17.0 Å². The fourth-order valence-electron chi connectivity index (χ4n) is 2.22. The second-order valence-corrected chi connectivity index (χ2v) is 5.19. The Labute approximate surface area is 106 Å². The van der Waals surface area contributed by atoms with Gasteiger partial charge < -0.3 is 9.67 Å². The Morgan fingerprint density at radius 3 is 2.78 bits per heavy atom. The van der Waals surface area contributed by atoms with Crippen LogP contribution in [0, 0.1) is 0 Å². The van der Waals surface area contributed by atoms with Gasteiger partial charge in [-0.1, -0.05) is 19.9 Å². The molecule has 1 aromatic heterocycles. The van der Waals surface area contributed by atoms with Crippen LogP contribution in [0.3, 0.4) is 0 Å². The van der Waals surface area contributed by atoms with Crippen LogP contribution in [0.15, 0.2) is 24.5 Å². The van der Waals surface area contributed by atoms with E-state index in [9.17, 15) is 4.79 Å². The van der Waals surface area contributed by atoms with Gasteiger partial charge in [0.05, 0.1) is 23.8 Å². The van der Waals surface area contributed by atoms with Crippen molar-refractivity contribution in [3.8, 4) is 0 Å². The van der Waals surface area contributed by atoms with Gasteiger partial charge in [0.2, 0.25) is 0 Å². The summed E-state index contributed by atoms with van der Waals surface area (Å²) in [7, 11) is 0. The molecule has 2 rings (SSSR count). The fraction of sp³-hybridized carbons (Fsp3) is 0.429. The number of nitrogens with zero attached hydrogens (tertiary/aromatic N) is 2. The van der Waals surface area contributed by atoms with Gasteiger partial charge in [-0.05, 0) is 24.6 Å². The van der Waals surface area contributed by atoms with E-state index in [0.717, 1.165) is 23.1 Å². The zero-order chi connectivity index (χ0) is 13.3. The molecule has 1 aromatic carbocycles. The first-order chi connectivity index (χ1) is 8.44. The number of hydrogen-bond donors (Lipinski definition) is 1. The molecule has 0 saturated carbocycles. The average molecular weight is 246 g/mol. The van der Waals surface area contributed by atoms with E-state index in [4.69, 9.17) is 5.11 Å². The molecule has 0 amide bonds. The lowest BCUT2D eigenvalue weighted by Gasteiger charge is -2.23. The largest absolute Gasteiger partial charge is 0.481 e. The van der Waals surface area contributed by atoms with Crippen molar-refractivity contribution in [1.29, 1.82) is 0 Å². The Kier molecular flexibility index (Phi) is 3.11. The Balaban J connectivity index is 2.44. The number of fused-ring (bicyclic) bond motifs is 1. The van der Waals surface area contributed by atoms with Crippen LogP contribution in [0.1, 0.15) is 32.8 Å². The van der Waals surface area contributed by atoms with Crippen molar-refractivity contribution in [2.75, 3.05) is 0 Å². The van der Waals surface area contributed by atoms with Gasteiger partial charge in [0.25, 0.3) is 0 Å². The number of aromatic nitrogens is 2. The molecule has 18 heavy (non-hydrogen) atoms. The van der Waals surface area contributed by atoms with E-state index in [1.54, 1.807) is 0 Å². The Morgan fingerprint density at radius 1 is 1.44 bits per heavy atom. The van der Waals surface area contributed by atoms with Crippen LogP contribution < -0.4 is 0 Å². The lowest BCUT2D eigenvalue weighted by Crippen LogP contribution is -2.21. The van der Waals surface area contributed by atoms with Crippen molar-refractivity contribution < 1.29 is 9.90 Å². The third-order valence-corrected chi connectivity index (χ3v) is 3.34. The van der Waals surface area contributed by atoms with E-state index in [2.05, 4.69) is 16.5 Å². The molecule has 0 radical (unpaired) electrons. The summed E-state index contributed by atoms with van der Waals surface area (Å²) in [6.45, 7) is 6.84. The van der Waals surface area contributed by atoms with Crippen LogP contribution in [-0.2, 0) is 16.8 Å². The number of aryl methyl sites for hydroxylation is 1. The van der Waals surface area contributed by atoms with Crippen LogP contribution >= 0.6 is 0 Å². The summed E-state index contributed by atoms with van der Waals surface area (Å²) < 4.78 is 2.07. The molecule has 0 saturated heterocycles. The van der Waals surface area contributed by atoms with E-state index in [0.29, 0.717) is 0 Å². The SMILES string of the molecule is CCn1cnc2cc(C(C)(C)CC(=O)O)ccc21. The molecule has 0 atom stereocenters. The second-order valence-electron chi connectivity index (χ2n) is 5.19. The van der Waals surface area contributed by atoms with Crippen LogP contribution in [0.4, 0.5) is 0 Å². The highest BCUT2D eigenvalue weighted by atomic mass is 16.4. The molecule has 1 heterocycles. The van der Waals surface area contributed by atoms with Gasteiger partial charge in [-0.3, -0.25) is 4.79 Å². The average Bonchev–Trinajstić information content (AvgIpc) is 2.69. The predicted molar refractivity (Wildman–Crippen MR) is 70.7 cm³/mol. The number of carbonyl (C=O) groups is 1. The number of rotatable bonds is 4. The normalized spacial score (nSPS) is 11.9. The summed E-state index contributed by atoms with van der Waals surface area (Å²) in [4.78, 5) is 15.2. The Morgan fingerprint density at radius 2 is 2.17 bits per heavy atom. The molecular formula is C14H18N2O2. The van der Waals surface area contributed by atoms with Crippen LogP contribution in [0.25, 0.3) is 11.0 Å². The molecule has 4 nitrogen and oxygen atoms in total. The molecule has 0 unspecified atom stereocenters. The summed E-state index contributed by atoms with van der Waals surface area (Å²) in [5.41, 5.74) is 2.65. The molecule has 0 spiro atoms. The number of carboxylic acids is 1. The molecule has 4 heteroatoms. The third-order valence-electron chi connectivity index (χ3n) is 3.34. The standard InChI is InChI=1S/C14H18N2O2/c1-4-16-9-15-11-7-10(5-6-12(11)16)14(2,3)8-13(17)18/h5-7,9H,4,8H2,1-3H3,(H,17,18). The number of carboxylic acid groups (broad SMARTS) is 1. The lowest BCUT2D eigenvalue weighted by atomic mass is 9.81. The van der Waals surface area contributed by atoms with E-state index < -0.39 is 5.97 Å². The van der Waals surface area contributed by atoms with Gasteiger partial charge in [0, 0.05) is 12.0 Å². The minimum absolute atomic E-state index is 0.118. The number of benzene rings is 1. The molecule has 0 fully saturated rings. The van der Waals surface area contributed by atoms with Crippen molar-refractivity contribution in [2.45, 2.75) is 39.2 Å². The predicted octanol–water partition coefficient (Wildman–Crippen LogP) is 2.81. The van der Waals surface area contributed by atoms with Crippen molar-refractivity contribution in [1.82, 2.24) is 9.55 Å². The molecule has 0 aliphatic rings. The highest BCUT2D eigenvalue weighted by Crippen LogP contribution is 2.29. The Bertz CT molecular complexity index is 584. The molecule has 96 valence electrons. The van der Waals surface area contributed by atoms with E-state index in [1.807, 2.05) is 38.4 Å². The lowest BCUT2D eigenvalue weighted by molar-refractivity contribution is -0.138. The third kappa shape index (κ3) is 2.23. The molecule has 0 bridgehead atoms. The van der Waals surface area contributed by atoms with Gasteiger partial charge in [0.1, 0.15) is 0 Å². The smallest absolute Gasteiger partial charge is 0.304 e. The summed E-state index contributed by atoms with van der Waals surface area (Å²) >= 11 is 0. The first-order valence-electron chi connectivity index (χ1n) is 6.11. The van der Waals surface area contributed by atoms with Crippen molar-refractivity contribution in [3.63, 3.8) is 0 Å². The van der Waals surface area contributed by atoms with E-state index >= 15 is 0 Å². The zero-order valence-corrected chi connectivity index (χ0v) is 11.0. The molecule has 0 aliphatic heterocycles. The molecular weight excluding hydrogens is 228 g/mol. The van der Waals surface area contributed by atoms with Crippen LogP contribution in [-0.4, -0.2) is 20.6 Å². The highest BCUT2D eigenvalue weighted by molar-refractivity contribution is 5.77. The first kappa shape index (κ1) is 12.6. The monoisotopic (exact) mass is 246 g/mol. The zero-order valence-electron chi connectivity index (χ0n) is 11.0. The number of aliphatic carboxylic acids is 1. The maximum Gasteiger partial charge on any atom is 0.304 e. The molecule has 0 aliphatic carbocycles. The maximum absolute atomic E-state index is 10.9. The summed E-state index contributed by atoms with van der Waals surface area (Å²) in [5.74, 6) is -0.779. The minimum atomic E-state index is -0.779. The van der Waals surface area contributed by atoms with E-state index in [-0.39, 0.29) is 11.8 Å². The molecule has 1 N–H and O–H groups in total. The fourth-order valence-corrected chi connectivity index (χ4v) is 2.22. The van der Waals surface area contributed by atoms with Gasteiger partial charge in [-0.25, -0.2) is 4.98 Å².